The second-order valence-corrected chi connectivity index (χ2v) is 9.72. The zero-order valence-corrected chi connectivity index (χ0v) is 19.7. The predicted molar refractivity (Wildman–Crippen MR) is 114 cm³/mol. The minimum absolute atomic E-state index is 0.0342. The summed E-state index contributed by atoms with van der Waals surface area (Å²) < 4.78 is 69.5. The molecule has 0 spiro atoms. The minimum Gasteiger partial charge on any atom is -0.298 e. The Kier molecular flexibility index (Phi) is 6.57. The molecule has 0 bridgehead atoms. The number of alkyl halides is 3. The third kappa shape index (κ3) is 4.81. The van der Waals surface area contributed by atoms with Crippen molar-refractivity contribution in [3.63, 3.8) is 0 Å². The quantitative estimate of drug-likeness (QED) is 0.427. The van der Waals surface area contributed by atoms with Crippen LogP contribution in [-0.2, 0) is 16.2 Å². The summed E-state index contributed by atoms with van der Waals surface area (Å²) in [4.78, 5) is 3.51. The molecule has 0 fully saturated rings. The number of aromatic nitrogens is 4. The van der Waals surface area contributed by atoms with Crippen LogP contribution < -0.4 is 4.72 Å². The molecule has 31 heavy (non-hydrogen) atoms. The molecule has 0 aliphatic rings. The van der Waals surface area contributed by atoms with E-state index in [9.17, 15) is 21.6 Å². The third-order valence-corrected chi connectivity index (χ3v) is 6.61. The molecule has 0 saturated heterocycles. The molecule has 0 unspecified atom stereocenters. The predicted octanol–water partition coefficient (Wildman–Crippen LogP) is 5.81. The molecule has 7 nitrogen and oxygen atoms in total. The van der Waals surface area contributed by atoms with Crippen LogP contribution in [-0.4, -0.2) is 28.2 Å². The van der Waals surface area contributed by atoms with Crippen LogP contribution in [0.5, 0.6) is 0 Å². The Bertz CT molecular complexity index is 1250. The van der Waals surface area contributed by atoms with Crippen LogP contribution in [0.3, 0.4) is 0 Å². The highest BCUT2D eigenvalue weighted by Crippen LogP contribution is 2.38. The molecule has 2 aromatic heterocycles. The second-order valence-electron chi connectivity index (χ2n) is 6.52. The smallest absolute Gasteiger partial charge is 0.298 e. The molecule has 1 aromatic carbocycles. The lowest BCUT2D eigenvalue weighted by atomic mass is 10.2. The van der Waals surface area contributed by atoms with E-state index in [1.807, 2.05) is 13.8 Å². The van der Waals surface area contributed by atoms with Crippen LogP contribution in [0.25, 0.3) is 11.5 Å². The van der Waals surface area contributed by atoms with Crippen molar-refractivity contribution in [1.82, 2.24) is 19.7 Å². The summed E-state index contributed by atoms with van der Waals surface area (Å²) in [6, 6.07) is 3.46. The van der Waals surface area contributed by atoms with Gasteiger partial charge in [0.05, 0.1) is 26.2 Å². The van der Waals surface area contributed by atoms with Crippen LogP contribution in [0.1, 0.15) is 25.5 Å². The molecule has 0 aliphatic carbocycles. The first-order valence-electron chi connectivity index (χ1n) is 8.47. The van der Waals surface area contributed by atoms with Crippen molar-refractivity contribution < 1.29 is 21.6 Å². The molecule has 0 amide bonds. The summed E-state index contributed by atoms with van der Waals surface area (Å²) in [6.07, 6.45) is -3.49. The fourth-order valence-corrected chi connectivity index (χ4v) is 4.92. The summed E-state index contributed by atoms with van der Waals surface area (Å²) in [7, 11) is -4.49. The fraction of sp³-hybridized carbons (Fsp3) is 0.235. The summed E-state index contributed by atoms with van der Waals surface area (Å²) in [6.45, 7) is 3.69. The Hall–Kier alpha value is -1.89. The molecule has 166 valence electrons. The van der Waals surface area contributed by atoms with Crippen LogP contribution in [0.4, 0.5) is 18.9 Å². The van der Waals surface area contributed by atoms with Crippen molar-refractivity contribution in [2.45, 2.75) is 31.0 Å². The van der Waals surface area contributed by atoms with Gasteiger partial charge >= 0.3 is 6.18 Å². The zero-order valence-electron chi connectivity index (χ0n) is 15.7. The molecule has 0 atom stereocenters. The zero-order chi connectivity index (χ0) is 23.1. The second kappa shape index (κ2) is 8.57. The molecular formula is C17H13BrCl2F3N5O2S. The molecule has 0 radical (unpaired) electrons. The molecule has 0 aliphatic heterocycles. The van der Waals surface area contributed by atoms with E-state index < -0.39 is 31.7 Å². The van der Waals surface area contributed by atoms with Gasteiger partial charge in [-0.25, -0.2) is 8.42 Å². The van der Waals surface area contributed by atoms with Crippen molar-refractivity contribution in [3.8, 4) is 11.5 Å². The molecule has 14 heteroatoms. The molecule has 3 aromatic rings. The average molecular weight is 559 g/mol. The van der Waals surface area contributed by atoms with Gasteiger partial charge in [-0.05, 0) is 54.0 Å². The van der Waals surface area contributed by atoms with Gasteiger partial charge in [0.2, 0.25) is 4.73 Å². The molecule has 2 heterocycles. The number of halogens is 6. The van der Waals surface area contributed by atoms with Gasteiger partial charge in [-0.15, -0.1) is 10.2 Å². The lowest BCUT2D eigenvalue weighted by Crippen LogP contribution is -2.17. The molecule has 1 N–H and O–H groups in total. The lowest BCUT2D eigenvalue weighted by Gasteiger charge is -2.16. The van der Waals surface area contributed by atoms with E-state index in [0.29, 0.717) is 10.8 Å². The summed E-state index contributed by atoms with van der Waals surface area (Å²) in [5.41, 5.74) is -1.39. The monoisotopic (exact) mass is 557 g/mol. The number of hydrogen-bond acceptors (Lipinski definition) is 5. The van der Waals surface area contributed by atoms with Crippen LogP contribution in [0.2, 0.25) is 10.0 Å². The van der Waals surface area contributed by atoms with E-state index >= 15 is 0 Å². The Morgan fingerprint density at radius 3 is 2.42 bits per heavy atom. The van der Waals surface area contributed by atoms with Crippen molar-refractivity contribution >= 4 is 54.8 Å². The average Bonchev–Trinajstić information content (AvgIpc) is 3.04. The third-order valence-electron chi connectivity index (χ3n) is 4.07. The van der Waals surface area contributed by atoms with E-state index in [-0.39, 0.29) is 28.3 Å². The topological polar surface area (TPSA) is 89.8 Å². The van der Waals surface area contributed by atoms with Gasteiger partial charge in [-0.2, -0.15) is 13.2 Å². The van der Waals surface area contributed by atoms with Crippen molar-refractivity contribution in [3.05, 3.63) is 50.8 Å². The number of sulfonamides is 1. The van der Waals surface area contributed by atoms with E-state index in [1.165, 1.54) is 12.3 Å². The van der Waals surface area contributed by atoms with Crippen molar-refractivity contribution in [1.29, 1.82) is 0 Å². The summed E-state index contributed by atoms with van der Waals surface area (Å²) in [5.74, 6) is 0.203. The first kappa shape index (κ1) is 23.8. The Morgan fingerprint density at radius 1 is 1.13 bits per heavy atom. The number of pyridine rings is 1. The highest BCUT2D eigenvalue weighted by molar-refractivity contribution is 9.10. The number of nitrogens with one attached hydrogen (secondary N) is 1. The normalized spacial score (nSPS) is 12.4. The Labute approximate surface area is 193 Å². The number of anilines is 1. The highest BCUT2D eigenvalue weighted by atomic mass is 79.9. The summed E-state index contributed by atoms with van der Waals surface area (Å²) >= 11 is 15.0. The standard InChI is InChI=1S/C17H13BrCl2F3N5O2S/c1-8(2)28-15(25-26-16(28)18)14-13(12(20)5-6-24-14)27-31(29,30)9-3-4-11(19)10(7-9)17(21,22)23/h3-8,27H,1-2H3. The highest BCUT2D eigenvalue weighted by Gasteiger charge is 2.35. The molecule has 3 rings (SSSR count). The van der Waals surface area contributed by atoms with Crippen LogP contribution in [0.15, 0.2) is 40.1 Å². The SMILES string of the molecule is CC(C)n1c(Br)nnc1-c1nccc(Cl)c1NS(=O)(=O)c1ccc(Cl)c(C(F)(F)F)c1. The number of hydrogen-bond donors (Lipinski definition) is 1. The van der Waals surface area contributed by atoms with E-state index in [1.54, 1.807) is 4.57 Å². The van der Waals surface area contributed by atoms with Crippen LogP contribution >= 0.6 is 39.1 Å². The van der Waals surface area contributed by atoms with Crippen LogP contribution in [0, 0.1) is 0 Å². The van der Waals surface area contributed by atoms with E-state index in [0.717, 1.165) is 12.1 Å². The van der Waals surface area contributed by atoms with Crippen molar-refractivity contribution in [2.24, 2.45) is 0 Å². The fourth-order valence-electron chi connectivity index (χ4n) is 2.68. The van der Waals surface area contributed by atoms with Gasteiger partial charge in [0.15, 0.2) is 5.82 Å². The first-order chi connectivity index (χ1) is 14.3. The maximum absolute atomic E-state index is 13.2. The van der Waals surface area contributed by atoms with Gasteiger partial charge < -0.3 is 0 Å². The maximum Gasteiger partial charge on any atom is 0.417 e. The van der Waals surface area contributed by atoms with Gasteiger partial charge in [0.1, 0.15) is 5.69 Å². The Morgan fingerprint density at radius 2 is 1.81 bits per heavy atom. The maximum atomic E-state index is 13.2. The number of benzene rings is 1. The molecular weight excluding hydrogens is 546 g/mol. The Balaban J connectivity index is 2.13. The molecule has 0 saturated carbocycles. The number of rotatable bonds is 5. The van der Waals surface area contributed by atoms with Gasteiger partial charge in [0.25, 0.3) is 10.0 Å². The van der Waals surface area contributed by atoms with E-state index in [2.05, 4.69) is 35.8 Å². The van der Waals surface area contributed by atoms with Crippen molar-refractivity contribution in [2.75, 3.05) is 4.72 Å². The lowest BCUT2D eigenvalue weighted by molar-refractivity contribution is -0.137. The van der Waals surface area contributed by atoms with E-state index in [4.69, 9.17) is 23.2 Å². The van der Waals surface area contributed by atoms with Gasteiger partial charge in [-0.3, -0.25) is 14.3 Å². The minimum atomic E-state index is -4.83. The number of nitrogens with zero attached hydrogens (tertiary/aromatic N) is 4. The van der Waals surface area contributed by atoms with Gasteiger partial charge in [0, 0.05) is 12.2 Å². The largest absolute Gasteiger partial charge is 0.417 e. The summed E-state index contributed by atoms with van der Waals surface area (Å²) in [5, 5.41) is 7.27. The van der Waals surface area contributed by atoms with Gasteiger partial charge in [-0.1, -0.05) is 23.2 Å². The first-order valence-corrected chi connectivity index (χ1v) is 11.5.